The number of hydrogen-bond acceptors (Lipinski definition) is 3. The Morgan fingerprint density at radius 3 is 2.09 bits per heavy atom. The highest BCUT2D eigenvalue weighted by atomic mass is 16.5. The number of ether oxygens (including phenoxy) is 1. The fraction of sp³-hybridized carbons (Fsp3) is 0.778. The summed E-state index contributed by atoms with van der Waals surface area (Å²) in [6.07, 6.45) is 5.46. The van der Waals surface area contributed by atoms with Gasteiger partial charge < -0.3 is 4.74 Å². The van der Waals surface area contributed by atoms with Crippen LogP contribution >= 0.6 is 0 Å². The molecule has 4 nitrogen and oxygen atoms in total. The van der Waals surface area contributed by atoms with Gasteiger partial charge in [0.15, 0.2) is 0 Å². The van der Waals surface area contributed by atoms with Crippen LogP contribution in [0.2, 0.25) is 0 Å². The van der Waals surface area contributed by atoms with Crippen molar-refractivity contribution in [1.29, 1.82) is 0 Å². The number of nitrogens with zero attached hydrogens (tertiary/aromatic N) is 1. The van der Waals surface area contributed by atoms with E-state index in [-0.39, 0.29) is 17.4 Å². The largest absolute Gasteiger partial charge is 0.375 e. The molecule has 1 unspecified atom stereocenters. The van der Waals surface area contributed by atoms with Crippen LogP contribution in [0.3, 0.4) is 0 Å². The number of imide groups is 1. The van der Waals surface area contributed by atoms with E-state index in [2.05, 4.69) is 27.7 Å². The average molecular weight is 309 g/mol. The zero-order chi connectivity index (χ0) is 17.0. The molecule has 0 saturated heterocycles. The van der Waals surface area contributed by atoms with Crippen molar-refractivity contribution in [3.63, 3.8) is 0 Å². The standard InChI is InChI=1S/C18H31NO3/c1-7-18(6,14(2)3)11-13-22-17(4,5)10-12-19-15(20)8-9-16(19)21/h8-9,14H,7,10-13H2,1-6H3. The van der Waals surface area contributed by atoms with Gasteiger partial charge in [0.2, 0.25) is 0 Å². The third kappa shape index (κ3) is 4.94. The van der Waals surface area contributed by atoms with Crippen molar-refractivity contribution >= 4 is 11.8 Å². The highest BCUT2D eigenvalue weighted by molar-refractivity contribution is 6.12. The molecule has 1 rings (SSSR count). The van der Waals surface area contributed by atoms with Crippen molar-refractivity contribution in [2.24, 2.45) is 11.3 Å². The maximum Gasteiger partial charge on any atom is 0.253 e. The lowest BCUT2D eigenvalue weighted by Gasteiger charge is -2.35. The quantitative estimate of drug-likeness (QED) is 0.612. The first-order valence-electron chi connectivity index (χ1n) is 8.29. The molecule has 0 saturated carbocycles. The van der Waals surface area contributed by atoms with Crippen molar-refractivity contribution in [3.8, 4) is 0 Å². The molecule has 0 radical (unpaired) electrons. The lowest BCUT2D eigenvalue weighted by molar-refractivity contribution is -0.137. The Hall–Kier alpha value is -1.16. The van der Waals surface area contributed by atoms with E-state index in [1.165, 1.54) is 17.1 Å². The van der Waals surface area contributed by atoms with E-state index >= 15 is 0 Å². The number of carbonyl (C=O) groups excluding carboxylic acids is 2. The van der Waals surface area contributed by atoms with Gasteiger partial charge in [0.05, 0.1) is 5.60 Å². The minimum Gasteiger partial charge on any atom is -0.375 e. The Labute approximate surface area is 134 Å². The molecule has 0 aromatic rings. The molecule has 2 amide bonds. The maximum absolute atomic E-state index is 11.5. The molecule has 1 atom stereocenters. The molecule has 0 aromatic heterocycles. The molecule has 0 spiro atoms. The van der Waals surface area contributed by atoms with Gasteiger partial charge in [0.25, 0.3) is 11.8 Å². The van der Waals surface area contributed by atoms with Gasteiger partial charge in [-0.15, -0.1) is 0 Å². The molecule has 1 aliphatic heterocycles. The molecule has 0 fully saturated rings. The summed E-state index contributed by atoms with van der Waals surface area (Å²) in [7, 11) is 0. The summed E-state index contributed by atoms with van der Waals surface area (Å²) in [5.74, 6) is 0.175. The van der Waals surface area contributed by atoms with Crippen molar-refractivity contribution < 1.29 is 14.3 Å². The fourth-order valence-electron chi connectivity index (χ4n) is 2.54. The Balaban J connectivity index is 2.41. The van der Waals surface area contributed by atoms with Gasteiger partial charge >= 0.3 is 0 Å². The summed E-state index contributed by atoms with van der Waals surface area (Å²) in [6, 6.07) is 0. The molecule has 0 bridgehead atoms. The summed E-state index contributed by atoms with van der Waals surface area (Å²) < 4.78 is 6.04. The van der Waals surface area contributed by atoms with Gasteiger partial charge in [-0.3, -0.25) is 14.5 Å². The summed E-state index contributed by atoms with van der Waals surface area (Å²) in [5.41, 5.74) is -0.0460. The Bertz CT molecular complexity index is 422. The first kappa shape index (κ1) is 18.9. The SMILES string of the molecule is CCC(C)(CCOC(C)(C)CCN1C(=O)C=CC1=O)C(C)C. The normalized spacial score (nSPS) is 18.4. The van der Waals surface area contributed by atoms with Crippen LogP contribution in [0, 0.1) is 11.3 Å². The van der Waals surface area contributed by atoms with Crippen LogP contribution in [0.25, 0.3) is 0 Å². The molecular weight excluding hydrogens is 278 g/mol. The van der Waals surface area contributed by atoms with Crippen LogP contribution in [0.15, 0.2) is 12.2 Å². The van der Waals surface area contributed by atoms with Gasteiger partial charge in [-0.1, -0.05) is 34.1 Å². The molecule has 0 N–H and O–H groups in total. The number of hydrogen-bond donors (Lipinski definition) is 0. The van der Waals surface area contributed by atoms with Gasteiger partial charge in [-0.05, 0) is 38.0 Å². The second kappa shape index (κ2) is 7.40. The smallest absolute Gasteiger partial charge is 0.253 e. The zero-order valence-corrected chi connectivity index (χ0v) is 14.9. The van der Waals surface area contributed by atoms with Gasteiger partial charge in [-0.25, -0.2) is 0 Å². The van der Waals surface area contributed by atoms with Gasteiger partial charge in [-0.2, -0.15) is 0 Å². The van der Waals surface area contributed by atoms with E-state index < -0.39 is 0 Å². The fourth-order valence-corrected chi connectivity index (χ4v) is 2.54. The van der Waals surface area contributed by atoms with Crippen LogP contribution in [0.5, 0.6) is 0 Å². The van der Waals surface area contributed by atoms with E-state index in [0.29, 0.717) is 30.9 Å². The lowest BCUT2D eigenvalue weighted by atomic mass is 9.74. The molecule has 22 heavy (non-hydrogen) atoms. The molecule has 1 heterocycles. The predicted molar refractivity (Wildman–Crippen MR) is 88.4 cm³/mol. The minimum absolute atomic E-state index is 0.223. The minimum atomic E-state index is -0.339. The van der Waals surface area contributed by atoms with Crippen molar-refractivity contribution in [1.82, 2.24) is 4.90 Å². The van der Waals surface area contributed by atoms with Gasteiger partial charge in [0.1, 0.15) is 0 Å². The van der Waals surface area contributed by atoms with Crippen molar-refractivity contribution in [2.45, 2.75) is 66.4 Å². The second-order valence-electron chi connectivity index (χ2n) is 7.43. The summed E-state index contributed by atoms with van der Waals surface area (Å²) in [6.45, 7) is 14.2. The van der Waals surface area contributed by atoms with E-state index in [9.17, 15) is 9.59 Å². The van der Waals surface area contributed by atoms with Crippen LogP contribution in [-0.4, -0.2) is 35.5 Å². The van der Waals surface area contributed by atoms with Gasteiger partial charge in [0, 0.05) is 25.3 Å². The Morgan fingerprint density at radius 1 is 1.09 bits per heavy atom. The van der Waals surface area contributed by atoms with Crippen LogP contribution in [-0.2, 0) is 14.3 Å². The van der Waals surface area contributed by atoms with Crippen LogP contribution < -0.4 is 0 Å². The van der Waals surface area contributed by atoms with E-state index in [4.69, 9.17) is 4.74 Å². The van der Waals surface area contributed by atoms with E-state index in [0.717, 1.165) is 12.8 Å². The molecule has 4 heteroatoms. The highest BCUT2D eigenvalue weighted by Gasteiger charge is 2.29. The number of amides is 2. The maximum atomic E-state index is 11.5. The second-order valence-corrected chi connectivity index (χ2v) is 7.43. The van der Waals surface area contributed by atoms with Crippen LogP contribution in [0.1, 0.15) is 60.8 Å². The molecule has 0 aromatic carbocycles. The van der Waals surface area contributed by atoms with Crippen molar-refractivity contribution in [3.05, 3.63) is 12.2 Å². The van der Waals surface area contributed by atoms with E-state index in [1.54, 1.807) is 0 Å². The predicted octanol–water partition coefficient (Wildman–Crippen LogP) is 3.56. The molecule has 126 valence electrons. The summed E-state index contributed by atoms with van der Waals surface area (Å²) in [4.78, 5) is 24.3. The van der Waals surface area contributed by atoms with Crippen molar-refractivity contribution in [2.75, 3.05) is 13.2 Å². The monoisotopic (exact) mass is 309 g/mol. The van der Waals surface area contributed by atoms with E-state index in [1.807, 2.05) is 13.8 Å². The highest BCUT2D eigenvalue weighted by Crippen LogP contribution is 2.35. The first-order chi connectivity index (χ1) is 10.1. The topological polar surface area (TPSA) is 46.6 Å². The first-order valence-corrected chi connectivity index (χ1v) is 8.29. The summed E-state index contributed by atoms with van der Waals surface area (Å²) >= 11 is 0. The third-order valence-electron chi connectivity index (χ3n) is 5.21. The summed E-state index contributed by atoms with van der Waals surface area (Å²) in [5, 5.41) is 0. The zero-order valence-electron chi connectivity index (χ0n) is 14.9. The average Bonchev–Trinajstić information content (AvgIpc) is 2.75. The number of rotatable bonds is 9. The lowest BCUT2D eigenvalue weighted by Crippen LogP contribution is -2.37. The number of carbonyl (C=O) groups is 2. The molecule has 0 aliphatic carbocycles. The Morgan fingerprint density at radius 2 is 1.64 bits per heavy atom. The Kier molecular flexibility index (Phi) is 6.36. The molecular formula is C18H31NO3. The molecule has 1 aliphatic rings. The van der Waals surface area contributed by atoms with Crippen LogP contribution in [0.4, 0.5) is 0 Å². The third-order valence-corrected chi connectivity index (χ3v) is 5.21.